The monoisotopic (exact) mass is 247 g/mol. The van der Waals surface area contributed by atoms with Gasteiger partial charge in [-0.05, 0) is 25.6 Å². The normalized spacial score (nSPS) is 11.1. The van der Waals surface area contributed by atoms with E-state index >= 15 is 0 Å². The molecule has 0 saturated carbocycles. The number of hydrogen-bond acceptors (Lipinski definition) is 3. The van der Waals surface area contributed by atoms with Crippen molar-refractivity contribution >= 4 is 10.9 Å². The summed E-state index contributed by atoms with van der Waals surface area (Å²) in [5.41, 5.74) is 1.10. The lowest BCUT2D eigenvalue weighted by Crippen LogP contribution is -2.41. The zero-order valence-corrected chi connectivity index (χ0v) is 10.9. The van der Waals surface area contributed by atoms with Gasteiger partial charge in [0.2, 0.25) is 0 Å². The number of aryl methyl sites for hydroxylation is 2. The summed E-state index contributed by atoms with van der Waals surface area (Å²) in [6.07, 6.45) is 0. The minimum Gasteiger partial charge on any atom is -0.318 e. The Kier molecular flexibility index (Phi) is 3.34. The molecular formula is C13H17N3O2. The maximum atomic E-state index is 12.4. The minimum atomic E-state index is -0.270. The number of fused-ring (bicyclic) bond motifs is 1. The molecule has 0 bridgehead atoms. The van der Waals surface area contributed by atoms with Gasteiger partial charge in [-0.15, -0.1) is 0 Å². The molecule has 2 rings (SSSR count). The quantitative estimate of drug-likeness (QED) is 0.844. The fraction of sp³-hybridized carbons (Fsp3) is 0.385. The van der Waals surface area contributed by atoms with E-state index in [9.17, 15) is 9.59 Å². The van der Waals surface area contributed by atoms with E-state index in [0.717, 1.165) is 5.56 Å². The molecule has 0 atom stereocenters. The number of aromatic nitrogens is 2. The van der Waals surface area contributed by atoms with E-state index in [1.54, 1.807) is 20.2 Å². The van der Waals surface area contributed by atoms with Crippen molar-refractivity contribution in [1.29, 1.82) is 0 Å². The molecule has 0 spiro atoms. The van der Waals surface area contributed by atoms with Gasteiger partial charge in [-0.1, -0.05) is 12.1 Å². The summed E-state index contributed by atoms with van der Waals surface area (Å²) in [6, 6.07) is 5.54. The third-order valence-corrected chi connectivity index (χ3v) is 3.17. The molecule has 0 saturated heterocycles. The van der Waals surface area contributed by atoms with E-state index in [2.05, 4.69) is 5.32 Å². The minimum absolute atomic E-state index is 0.207. The van der Waals surface area contributed by atoms with Crippen LogP contribution < -0.4 is 16.6 Å². The Morgan fingerprint density at radius 3 is 2.67 bits per heavy atom. The molecule has 0 aliphatic rings. The van der Waals surface area contributed by atoms with Crippen LogP contribution in [0.3, 0.4) is 0 Å². The summed E-state index contributed by atoms with van der Waals surface area (Å²) in [5, 5.41) is 3.57. The number of benzene rings is 1. The Morgan fingerprint density at radius 1 is 1.28 bits per heavy atom. The largest absolute Gasteiger partial charge is 0.331 e. The molecule has 0 unspecified atom stereocenters. The molecule has 2 aromatic rings. The maximum absolute atomic E-state index is 12.4. The SMILES string of the molecule is CNCCn1c(=O)c2c(C)cccc2n(C)c1=O. The van der Waals surface area contributed by atoms with Crippen molar-refractivity contribution in [3.63, 3.8) is 0 Å². The second-order valence-corrected chi connectivity index (χ2v) is 4.37. The van der Waals surface area contributed by atoms with Crippen LogP contribution in [0, 0.1) is 6.92 Å². The van der Waals surface area contributed by atoms with Gasteiger partial charge in [-0.3, -0.25) is 13.9 Å². The highest BCUT2D eigenvalue weighted by molar-refractivity contribution is 5.81. The summed E-state index contributed by atoms with van der Waals surface area (Å²) in [7, 11) is 3.49. The Labute approximate surface area is 105 Å². The number of rotatable bonds is 3. The van der Waals surface area contributed by atoms with Crippen molar-refractivity contribution in [1.82, 2.24) is 14.5 Å². The van der Waals surface area contributed by atoms with Crippen molar-refractivity contribution in [2.75, 3.05) is 13.6 Å². The molecule has 1 aromatic carbocycles. The summed E-state index contributed by atoms with van der Waals surface area (Å²) in [5.74, 6) is 0. The van der Waals surface area contributed by atoms with Gasteiger partial charge in [0.15, 0.2) is 0 Å². The molecule has 0 fully saturated rings. The van der Waals surface area contributed by atoms with Crippen molar-refractivity contribution in [2.45, 2.75) is 13.5 Å². The highest BCUT2D eigenvalue weighted by Crippen LogP contribution is 2.11. The Bertz CT molecular complexity index is 698. The number of nitrogens with zero attached hydrogens (tertiary/aromatic N) is 2. The third kappa shape index (κ3) is 1.86. The average molecular weight is 247 g/mol. The lowest BCUT2D eigenvalue weighted by atomic mass is 10.1. The lowest BCUT2D eigenvalue weighted by molar-refractivity contribution is 0.579. The van der Waals surface area contributed by atoms with Crippen molar-refractivity contribution in [2.24, 2.45) is 7.05 Å². The van der Waals surface area contributed by atoms with Crippen molar-refractivity contribution < 1.29 is 0 Å². The molecule has 1 heterocycles. The van der Waals surface area contributed by atoms with Gasteiger partial charge in [0.1, 0.15) is 0 Å². The fourth-order valence-corrected chi connectivity index (χ4v) is 2.14. The number of nitrogens with one attached hydrogen (secondary N) is 1. The van der Waals surface area contributed by atoms with Gasteiger partial charge >= 0.3 is 5.69 Å². The Balaban J connectivity index is 2.86. The second-order valence-electron chi connectivity index (χ2n) is 4.37. The first-order valence-electron chi connectivity index (χ1n) is 5.91. The third-order valence-electron chi connectivity index (χ3n) is 3.17. The van der Waals surface area contributed by atoms with Crippen molar-refractivity contribution in [3.8, 4) is 0 Å². The molecule has 0 aliphatic carbocycles. The van der Waals surface area contributed by atoms with Crippen LogP contribution in [0.2, 0.25) is 0 Å². The van der Waals surface area contributed by atoms with E-state index in [-0.39, 0.29) is 11.2 Å². The molecule has 0 amide bonds. The molecule has 5 nitrogen and oxygen atoms in total. The molecule has 96 valence electrons. The maximum Gasteiger partial charge on any atom is 0.331 e. The lowest BCUT2D eigenvalue weighted by Gasteiger charge is -2.11. The zero-order valence-electron chi connectivity index (χ0n) is 10.9. The van der Waals surface area contributed by atoms with Gasteiger partial charge in [0.05, 0.1) is 10.9 Å². The molecule has 18 heavy (non-hydrogen) atoms. The molecule has 5 heteroatoms. The van der Waals surface area contributed by atoms with E-state index in [0.29, 0.717) is 24.0 Å². The highest BCUT2D eigenvalue weighted by Gasteiger charge is 2.11. The van der Waals surface area contributed by atoms with Crippen LogP contribution in [-0.2, 0) is 13.6 Å². The first kappa shape index (κ1) is 12.6. The van der Waals surface area contributed by atoms with E-state index in [1.807, 2.05) is 19.1 Å². The van der Waals surface area contributed by atoms with Crippen LogP contribution in [0.25, 0.3) is 10.9 Å². The summed E-state index contributed by atoms with van der Waals surface area (Å²) in [6.45, 7) is 2.86. The molecular weight excluding hydrogens is 230 g/mol. The molecule has 1 N–H and O–H groups in total. The van der Waals surface area contributed by atoms with Gasteiger partial charge < -0.3 is 5.32 Å². The molecule has 1 aromatic heterocycles. The fourth-order valence-electron chi connectivity index (χ4n) is 2.14. The van der Waals surface area contributed by atoms with Gasteiger partial charge in [-0.2, -0.15) is 0 Å². The highest BCUT2D eigenvalue weighted by atomic mass is 16.2. The van der Waals surface area contributed by atoms with Gasteiger partial charge in [-0.25, -0.2) is 4.79 Å². The molecule has 0 radical (unpaired) electrons. The first-order valence-corrected chi connectivity index (χ1v) is 5.91. The van der Waals surface area contributed by atoms with E-state index in [1.165, 1.54) is 9.13 Å². The number of hydrogen-bond donors (Lipinski definition) is 1. The van der Waals surface area contributed by atoms with Crippen LogP contribution in [0.1, 0.15) is 5.56 Å². The summed E-state index contributed by atoms with van der Waals surface area (Å²) in [4.78, 5) is 24.5. The van der Waals surface area contributed by atoms with E-state index in [4.69, 9.17) is 0 Å². The predicted octanol–water partition coefficient (Wildman–Crippen LogP) is 0.228. The Morgan fingerprint density at radius 2 is 2.00 bits per heavy atom. The topological polar surface area (TPSA) is 56.0 Å². The van der Waals surface area contributed by atoms with Crippen molar-refractivity contribution in [3.05, 3.63) is 44.6 Å². The van der Waals surface area contributed by atoms with Crippen LogP contribution in [-0.4, -0.2) is 22.7 Å². The zero-order chi connectivity index (χ0) is 13.3. The second kappa shape index (κ2) is 4.78. The number of likely N-dealkylation sites (N-methyl/N-ethyl adjacent to an activating group) is 1. The van der Waals surface area contributed by atoms with Gasteiger partial charge in [0.25, 0.3) is 5.56 Å². The van der Waals surface area contributed by atoms with E-state index < -0.39 is 0 Å². The van der Waals surface area contributed by atoms with Crippen LogP contribution >= 0.6 is 0 Å². The van der Waals surface area contributed by atoms with Crippen LogP contribution in [0.15, 0.2) is 27.8 Å². The average Bonchev–Trinajstić information content (AvgIpc) is 2.36. The van der Waals surface area contributed by atoms with Crippen LogP contribution in [0.5, 0.6) is 0 Å². The van der Waals surface area contributed by atoms with Gasteiger partial charge in [0, 0.05) is 20.1 Å². The Hall–Kier alpha value is -1.88. The first-order chi connectivity index (χ1) is 8.57. The molecule has 0 aliphatic heterocycles. The summed E-state index contributed by atoms with van der Waals surface area (Å²) >= 11 is 0. The standard InChI is InChI=1S/C13H17N3O2/c1-9-5-4-6-10-11(9)12(17)16(8-7-14-2)13(18)15(10)3/h4-6,14H,7-8H2,1-3H3. The predicted molar refractivity (Wildman–Crippen MR) is 72.1 cm³/mol. The summed E-state index contributed by atoms with van der Waals surface area (Å²) < 4.78 is 2.81. The van der Waals surface area contributed by atoms with Crippen LogP contribution in [0.4, 0.5) is 0 Å². The smallest absolute Gasteiger partial charge is 0.318 e.